The molecule has 3 rings (SSSR count). The Labute approximate surface area is 162 Å². The molecule has 1 aliphatic rings. The Balaban J connectivity index is 1.57. The highest BCUT2D eigenvalue weighted by Crippen LogP contribution is 2.38. The molecular formula is C25H30F2. The van der Waals surface area contributed by atoms with E-state index in [4.69, 9.17) is 0 Å². The van der Waals surface area contributed by atoms with Crippen LogP contribution in [-0.2, 0) is 0 Å². The van der Waals surface area contributed by atoms with Crippen LogP contribution in [0.4, 0.5) is 8.78 Å². The van der Waals surface area contributed by atoms with Crippen molar-refractivity contribution in [1.29, 1.82) is 0 Å². The first-order chi connectivity index (χ1) is 13.2. The van der Waals surface area contributed by atoms with Crippen molar-refractivity contribution < 1.29 is 8.78 Å². The smallest absolute Gasteiger partial charge is 0.173 e. The van der Waals surface area contributed by atoms with Crippen molar-refractivity contribution in [2.75, 3.05) is 0 Å². The molecule has 0 aromatic heterocycles. The molecule has 2 aromatic carbocycles. The maximum atomic E-state index is 12.3. The van der Waals surface area contributed by atoms with Crippen molar-refractivity contribution in [3.8, 4) is 11.1 Å². The van der Waals surface area contributed by atoms with Gasteiger partial charge in [-0.3, -0.25) is 0 Å². The van der Waals surface area contributed by atoms with Gasteiger partial charge in [-0.1, -0.05) is 81.1 Å². The maximum Gasteiger partial charge on any atom is 0.270 e. The Bertz CT molecular complexity index is 716. The highest BCUT2D eigenvalue weighted by molar-refractivity contribution is 5.66. The highest BCUT2D eigenvalue weighted by atomic mass is 19.3. The lowest BCUT2D eigenvalue weighted by Gasteiger charge is -2.29. The molecule has 0 N–H and O–H groups in total. The molecule has 0 bridgehead atoms. The van der Waals surface area contributed by atoms with E-state index in [0.29, 0.717) is 11.5 Å². The molecule has 0 saturated heterocycles. The lowest BCUT2D eigenvalue weighted by Crippen LogP contribution is -2.13. The molecular weight excluding hydrogens is 338 g/mol. The lowest BCUT2D eigenvalue weighted by atomic mass is 9.77. The summed E-state index contributed by atoms with van der Waals surface area (Å²) in [6, 6.07) is 16.1. The van der Waals surface area contributed by atoms with E-state index in [0.717, 1.165) is 23.1 Å². The molecule has 1 saturated carbocycles. The molecule has 2 aromatic rings. The lowest BCUT2D eigenvalue weighted by molar-refractivity contribution is 0.303. The summed E-state index contributed by atoms with van der Waals surface area (Å²) in [6.45, 7) is 2.27. The summed E-state index contributed by atoms with van der Waals surface area (Å²) in [4.78, 5) is 0. The first-order valence-electron chi connectivity index (χ1n) is 10.4. The Morgan fingerprint density at radius 3 is 2.00 bits per heavy atom. The topological polar surface area (TPSA) is 0 Å². The highest BCUT2D eigenvalue weighted by Gasteiger charge is 2.21. The van der Waals surface area contributed by atoms with E-state index in [2.05, 4.69) is 31.2 Å². The van der Waals surface area contributed by atoms with Gasteiger partial charge in [0.1, 0.15) is 0 Å². The summed E-state index contributed by atoms with van der Waals surface area (Å²) in [5, 5.41) is 0. The summed E-state index contributed by atoms with van der Waals surface area (Å²) in [5.74, 6) is 1.63. The second kappa shape index (κ2) is 9.82. The summed E-state index contributed by atoms with van der Waals surface area (Å²) < 4.78 is 24.7. The average Bonchev–Trinajstić information content (AvgIpc) is 2.69. The molecule has 0 aliphatic heterocycles. The molecule has 27 heavy (non-hydrogen) atoms. The molecule has 0 amide bonds. The third-order valence-corrected chi connectivity index (χ3v) is 5.96. The minimum atomic E-state index is -1.66. The van der Waals surface area contributed by atoms with Gasteiger partial charge < -0.3 is 0 Å². The van der Waals surface area contributed by atoms with Crippen molar-refractivity contribution in [3.63, 3.8) is 0 Å². The summed E-state index contributed by atoms with van der Waals surface area (Å²) in [5.41, 5.74) is 4.19. The van der Waals surface area contributed by atoms with Crippen LogP contribution in [0.2, 0.25) is 0 Å². The second-order valence-electron chi connectivity index (χ2n) is 7.89. The van der Waals surface area contributed by atoms with Gasteiger partial charge in [-0.05, 0) is 59.8 Å². The van der Waals surface area contributed by atoms with Crippen LogP contribution in [0.5, 0.6) is 0 Å². The third-order valence-electron chi connectivity index (χ3n) is 5.96. The van der Waals surface area contributed by atoms with E-state index < -0.39 is 6.08 Å². The van der Waals surface area contributed by atoms with E-state index in [9.17, 15) is 8.78 Å². The Morgan fingerprint density at radius 1 is 0.852 bits per heavy atom. The fourth-order valence-electron chi connectivity index (χ4n) is 4.31. The number of halogens is 2. The van der Waals surface area contributed by atoms with Crippen molar-refractivity contribution in [3.05, 3.63) is 65.7 Å². The van der Waals surface area contributed by atoms with E-state index in [-0.39, 0.29) is 0 Å². The van der Waals surface area contributed by atoms with Crippen molar-refractivity contribution >= 4 is 6.08 Å². The molecule has 2 heteroatoms. The van der Waals surface area contributed by atoms with Crippen LogP contribution in [0.25, 0.3) is 17.2 Å². The van der Waals surface area contributed by atoms with Crippen LogP contribution in [0.15, 0.2) is 54.6 Å². The monoisotopic (exact) mass is 368 g/mol. The van der Waals surface area contributed by atoms with E-state index >= 15 is 0 Å². The minimum absolute atomic E-state index is 0.533. The molecule has 0 radical (unpaired) electrons. The first-order valence-corrected chi connectivity index (χ1v) is 10.4. The molecule has 0 heterocycles. The Hall–Kier alpha value is -1.96. The van der Waals surface area contributed by atoms with Gasteiger partial charge >= 0.3 is 0 Å². The van der Waals surface area contributed by atoms with Crippen LogP contribution in [0.1, 0.15) is 75.3 Å². The Kier molecular flexibility index (Phi) is 7.20. The summed E-state index contributed by atoms with van der Waals surface area (Å²) in [6.07, 6.45) is 10.1. The minimum Gasteiger partial charge on any atom is -0.173 e. The standard InChI is InChI=1S/C25H30F2/c1-2-3-4-5-19-6-10-21(11-7-19)23-14-16-24(17-15-23)22-12-8-20(9-13-22)18-25(26)27/h8-9,12-19,21H,2-7,10-11H2,1H3. The molecule has 0 spiro atoms. The van der Waals surface area contributed by atoms with E-state index in [1.54, 1.807) is 12.1 Å². The zero-order valence-electron chi connectivity index (χ0n) is 16.3. The fourth-order valence-corrected chi connectivity index (χ4v) is 4.31. The largest absolute Gasteiger partial charge is 0.270 e. The predicted molar refractivity (Wildman–Crippen MR) is 111 cm³/mol. The van der Waals surface area contributed by atoms with E-state index in [1.165, 1.54) is 56.9 Å². The number of rotatable bonds is 7. The fraction of sp³-hybridized carbons (Fsp3) is 0.440. The van der Waals surface area contributed by atoms with Gasteiger partial charge in [-0.25, -0.2) is 0 Å². The van der Waals surface area contributed by atoms with Crippen molar-refractivity contribution in [2.45, 2.75) is 64.2 Å². The van der Waals surface area contributed by atoms with Crippen LogP contribution in [-0.4, -0.2) is 0 Å². The maximum absolute atomic E-state index is 12.3. The average molecular weight is 369 g/mol. The molecule has 144 valence electrons. The van der Waals surface area contributed by atoms with Crippen LogP contribution in [0.3, 0.4) is 0 Å². The summed E-state index contributed by atoms with van der Waals surface area (Å²) in [7, 11) is 0. The van der Waals surface area contributed by atoms with Gasteiger partial charge in [0.2, 0.25) is 0 Å². The van der Waals surface area contributed by atoms with Crippen LogP contribution in [0, 0.1) is 5.92 Å². The van der Waals surface area contributed by atoms with Gasteiger partial charge in [-0.15, -0.1) is 0 Å². The number of unbranched alkanes of at least 4 members (excludes halogenated alkanes) is 2. The van der Waals surface area contributed by atoms with Crippen LogP contribution < -0.4 is 0 Å². The second-order valence-corrected chi connectivity index (χ2v) is 7.89. The van der Waals surface area contributed by atoms with Crippen molar-refractivity contribution in [1.82, 2.24) is 0 Å². The third kappa shape index (κ3) is 5.76. The Morgan fingerprint density at radius 2 is 1.44 bits per heavy atom. The van der Waals surface area contributed by atoms with Crippen LogP contribution >= 0.6 is 0 Å². The quantitative estimate of drug-likeness (QED) is 0.430. The molecule has 0 unspecified atom stereocenters. The number of hydrogen-bond donors (Lipinski definition) is 0. The van der Waals surface area contributed by atoms with Crippen molar-refractivity contribution in [2.24, 2.45) is 5.92 Å². The molecule has 0 nitrogen and oxygen atoms in total. The van der Waals surface area contributed by atoms with E-state index in [1.807, 2.05) is 12.1 Å². The molecule has 0 atom stereocenters. The SMILES string of the molecule is CCCCCC1CCC(c2ccc(-c3ccc(C=C(F)F)cc3)cc2)CC1. The van der Waals surface area contributed by atoms with Gasteiger partial charge in [0.05, 0.1) is 0 Å². The predicted octanol–water partition coefficient (Wildman–Crippen LogP) is 8.45. The number of benzene rings is 2. The number of hydrogen-bond acceptors (Lipinski definition) is 0. The molecule has 1 aliphatic carbocycles. The van der Waals surface area contributed by atoms with Gasteiger partial charge in [0.15, 0.2) is 0 Å². The van der Waals surface area contributed by atoms with Gasteiger partial charge in [0, 0.05) is 6.08 Å². The summed E-state index contributed by atoms with van der Waals surface area (Å²) >= 11 is 0. The normalized spacial score (nSPS) is 19.7. The molecule has 1 fully saturated rings. The van der Waals surface area contributed by atoms with Gasteiger partial charge in [-0.2, -0.15) is 8.78 Å². The first kappa shape index (κ1) is 19.8. The van der Waals surface area contributed by atoms with Gasteiger partial charge in [0.25, 0.3) is 6.08 Å². The zero-order chi connectivity index (χ0) is 19.1. The zero-order valence-corrected chi connectivity index (χ0v) is 16.3.